The third-order valence-corrected chi connectivity index (χ3v) is 3.46. The summed E-state index contributed by atoms with van der Waals surface area (Å²) in [6.45, 7) is 1.61. The molecule has 1 saturated heterocycles. The number of rotatable bonds is 1. The number of benzene rings is 1. The van der Waals surface area contributed by atoms with Crippen LogP contribution in [-0.2, 0) is 7.05 Å². The number of nitrogens with zero attached hydrogens (tertiary/aromatic N) is 2. The summed E-state index contributed by atoms with van der Waals surface area (Å²) in [5, 5.41) is 3.20. The highest BCUT2D eigenvalue weighted by molar-refractivity contribution is 5.76. The number of aryl methyl sites for hydroxylation is 1. The van der Waals surface area contributed by atoms with Crippen LogP contribution in [0.4, 0.5) is 4.39 Å². The van der Waals surface area contributed by atoms with Gasteiger partial charge in [-0.1, -0.05) is 6.07 Å². The molecule has 0 aliphatic carbocycles. The minimum Gasteiger partial charge on any atom is -0.315 e. The van der Waals surface area contributed by atoms with Crippen molar-refractivity contribution in [2.75, 3.05) is 13.1 Å². The van der Waals surface area contributed by atoms with E-state index in [1.807, 2.05) is 0 Å². The zero-order chi connectivity index (χ0) is 12.0. The number of aromatic nitrogens is 2. The van der Waals surface area contributed by atoms with Crippen LogP contribution >= 0.6 is 0 Å². The Morgan fingerprint density at radius 3 is 3.00 bits per heavy atom. The molecular formula is C12H14FN3O. The van der Waals surface area contributed by atoms with E-state index < -0.39 is 0 Å². The SMILES string of the molecule is Cn1c(=O)n(C2CCNC2)c2c(F)cccc21. The molecule has 1 aliphatic heterocycles. The van der Waals surface area contributed by atoms with Crippen molar-refractivity contribution in [1.82, 2.24) is 14.5 Å². The molecule has 0 saturated carbocycles. The molecule has 17 heavy (non-hydrogen) atoms. The summed E-state index contributed by atoms with van der Waals surface area (Å²) in [5.41, 5.74) is 0.939. The Balaban J connectivity index is 2.36. The molecule has 0 radical (unpaired) electrons. The molecule has 2 heterocycles. The fraction of sp³-hybridized carbons (Fsp3) is 0.417. The second-order valence-electron chi connectivity index (χ2n) is 4.47. The second kappa shape index (κ2) is 3.70. The Hall–Kier alpha value is -1.62. The molecule has 1 fully saturated rings. The molecular weight excluding hydrogens is 221 g/mol. The number of fused-ring (bicyclic) bond motifs is 1. The Kier molecular flexibility index (Phi) is 2.29. The maximum Gasteiger partial charge on any atom is 0.329 e. The summed E-state index contributed by atoms with van der Waals surface area (Å²) in [6, 6.07) is 4.87. The van der Waals surface area contributed by atoms with E-state index in [0.717, 1.165) is 19.5 Å². The topological polar surface area (TPSA) is 39.0 Å². The summed E-state index contributed by atoms with van der Waals surface area (Å²) < 4.78 is 17.0. The first-order chi connectivity index (χ1) is 8.20. The lowest BCUT2D eigenvalue weighted by molar-refractivity contribution is 0.525. The van der Waals surface area contributed by atoms with Gasteiger partial charge in [0.2, 0.25) is 0 Å². The Labute approximate surface area is 97.7 Å². The normalized spacial score (nSPS) is 20.2. The Bertz CT molecular complexity index is 622. The average Bonchev–Trinajstić information content (AvgIpc) is 2.90. The number of hydrogen-bond donors (Lipinski definition) is 1. The highest BCUT2D eigenvalue weighted by atomic mass is 19.1. The average molecular weight is 235 g/mol. The quantitative estimate of drug-likeness (QED) is 0.801. The summed E-state index contributed by atoms with van der Waals surface area (Å²) in [7, 11) is 1.68. The summed E-state index contributed by atoms with van der Waals surface area (Å²) in [6.07, 6.45) is 0.868. The first-order valence-corrected chi connectivity index (χ1v) is 5.76. The van der Waals surface area contributed by atoms with Crippen LogP contribution in [0.15, 0.2) is 23.0 Å². The first kappa shape index (κ1) is 10.5. The van der Waals surface area contributed by atoms with Gasteiger partial charge in [0.25, 0.3) is 0 Å². The zero-order valence-electron chi connectivity index (χ0n) is 9.61. The van der Waals surface area contributed by atoms with Crippen LogP contribution in [0.1, 0.15) is 12.5 Å². The number of imidazole rings is 1. The van der Waals surface area contributed by atoms with E-state index in [1.165, 1.54) is 10.6 Å². The van der Waals surface area contributed by atoms with E-state index in [1.54, 1.807) is 23.7 Å². The lowest BCUT2D eigenvalue weighted by Gasteiger charge is -2.10. The van der Waals surface area contributed by atoms with Crippen LogP contribution in [0.25, 0.3) is 11.0 Å². The fourth-order valence-corrected chi connectivity index (χ4v) is 2.57. The van der Waals surface area contributed by atoms with Gasteiger partial charge in [-0.3, -0.25) is 9.13 Å². The minimum atomic E-state index is -0.327. The molecule has 1 unspecified atom stereocenters. The van der Waals surface area contributed by atoms with E-state index in [0.29, 0.717) is 11.0 Å². The third kappa shape index (κ3) is 1.42. The van der Waals surface area contributed by atoms with Crippen LogP contribution in [0.3, 0.4) is 0 Å². The Morgan fingerprint density at radius 2 is 2.29 bits per heavy atom. The molecule has 0 spiro atoms. The standard InChI is InChI=1S/C12H14FN3O/c1-15-10-4-2-3-9(13)11(10)16(12(15)17)8-5-6-14-7-8/h2-4,8,14H,5-7H2,1H3. The summed E-state index contributed by atoms with van der Waals surface area (Å²) in [4.78, 5) is 12.2. The van der Waals surface area contributed by atoms with Crippen molar-refractivity contribution >= 4 is 11.0 Å². The van der Waals surface area contributed by atoms with Gasteiger partial charge in [-0.25, -0.2) is 9.18 Å². The van der Waals surface area contributed by atoms with Crippen molar-refractivity contribution in [3.63, 3.8) is 0 Å². The predicted octanol–water partition coefficient (Wildman–Crippen LogP) is 1.01. The monoisotopic (exact) mass is 235 g/mol. The number of nitrogens with one attached hydrogen (secondary N) is 1. The van der Waals surface area contributed by atoms with E-state index in [-0.39, 0.29) is 17.5 Å². The maximum absolute atomic E-state index is 13.9. The van der Waals surface area contributed by atoms with E-state index >= 15 is 0 Å². The third-order valence-electron chi connectivity index (χ3n) is 3.46. The van der Waals surface area contributed by atoms with Crippen molar-refractivity contribution in [2.45, 2.75) is 12.5 Å². The van der Waals surface area contributed by atoms with Crippen LogP contribution < -0.4 is 11.0 Å². The molecule has 1 aliphatic rings. The molecule has 4 nitrogen and oxygen atoms in total. The molecule has 0 bridgehead atoms. The number of para-hydroxylation sites is 1. The molecule has 1 N–H and O–H groups in total. The lowest BCUT2D eigenvalue weighted by Crippen LogP contribution is -2.27. The molecule has 1 atom stereocenters. The molecule has 1 aromatic carbocycles. The maximum atomic E-state index is 13.9. The van der Waals surface area contributed by atoms with Gasteiger partial charge in [-0.15, -0.1) is 0 Å². The van der Waals surface area contributed by atoms with Crippen molar-refractivity contribution in [2.24, 2.45) is 7.05 Å². The molecule has 1 aromatic heterocycles. The molecule has 90 valence electrons. The number of hydrogen-bond acceptors (Lipinski definition) is 2. The van der Waals surface area contributed by atoms with Crippen LogP contribution in [0.5, 0.6) is 0 Å². The fourth-order valence-electron chi connectivity index (χ4n) is 2.57. The minimum absolute atomic E-state index is 0.0584. The van der Waals surface area contributed by atoms with Gasteiger partial charge in [0.15, 0.2) is 0 Å². The predicted molar refractivity (Wildman–Crippen MR) is 63.7 cm³/mol. The van der Waals surface area contributed by atoms with Crippen LogP contribution in [0.2, 0.25) is 0 Å². The number of halogens is 1. The van der Waals surface area contributed by atoms with E-state index in [9.17, 15) is 9.18 Å². The van der Waals surface area contributed by atoms with Crippen molar-refractivity contribution in [1.29, 1.82) is 0 Å². The van der Waals surface area contributed by atoms with Gasteiger partial charge >= 0.3 is 5.69 Å². The van der Waals surface area contributed by atoms with Crippen molar-refractivity contribution in [3.05, 3.63) is 34.5 Å². The van der Waals surface area contributed by atoms with Gasteiger partial charge in [-0.2, -0.15) is 0 Å². The highest BCUT2D eigenvalue weighted by Gasteiger charge is 2.23. The van der Waals surface area contributed by atoms with Gasteiger partial charge in [0, 0.05) is 13.6 Å². The molecule has 3 rings (SSSR count). The molecule has 0 amide bonds. The van der Waals surface area contributed by atoms with Gasteiger partial charge < -0.3 is 5.32 Å². The van der Waals surface area contributed by atoms with Gasteiger partial charge in [0.05, 0.1) is 11.6 Å². The smallest absolute Gasteiger partial charge is 0.315 e. The second-order valence-corrected chi connectivity index (χ2v) is 4.47. The van der Waals surface area contributed by atoms with Crippen LogP contribution in [0, 0.1) is 5.82 Å². The van der Waals surface area contributed by atoms with Gasteiger partial charge in [0.1, 0.15) is 11.3 Å². The van der Waals surface area contributed by atoms with E-state index in [2.05, 4.69) is 5.32 Å². The Morgan fingerprint density at radius 1 is 1.47 bits per heavy atom. The van der Waals surface area contributed by atoms with Crippen molar-refractivity contribution < 1.29 is 4.39 Å². The molecule has 2 aromatic rings. The zero-order valence-corrected chi connectivity index (χ0v) is 9.61. The summed E-state index contributed by atoms with van der Waals surface area (Å²) >= 11 is 0. The summed E-state index contributed by atoms with van der Waals surface area (Å²) in [5.74, 6) is -0.327. The highest BCUT2D eigenvalue weighted by Crippen LogP contribution is 2.22. The van der Waals surface area contributed by atoms with Crippen molar-refractivity contribution in [3.8, 4) is 0 Å². The first-order valence-electron chi connectivity index (χ1n) is 5.76. The molecule has 5 heteroatoms. The largest absolute Gasteiger partial charge is 0.329 e. The van der Waals surface area contributed by atoms with Gasteiger partial charge in [-0.05, 0) is 25.1 Å². The van der Waals surface area contributed by atoms with E-state index in [4.69, 9.17) is 0 Å². The lowest BCUT2D eigenvalue weighted by atomic mass is 10.2. The van der Waals surface area contributed by atoms with Crippen LogP contribution in [-0.4, -0.2) is 22.2 Å².